The summed E-state index contributed by atoms with van der Waals surface area (Å²) in [5.41, 5.74) is 1.44. The second-order valence-electron chi connectivity index (χ2n) is 5.76. The topological polar surface area (TPSA) is 65.7 Å². The van der Waals surface area contributed by atoms with Crippen molar-refractivity contribution in [3.05, 3.63) is 102 Å². The van der Waals surface area contributed by atoms with Gasteiger partial charge in [-0.15, -0.1) is 0 Å². The summed E-state index contributed by atoms with van der Waals surface area (Å²) in [5.74, 6) is 0.0939. The van der Waals surface area contributed by atoms with Crippen LogP contribution in [0.3, 0.4) is 0 Å². The summed E-state index contributed by atoms with van der Waals surface area (Å²) < 4.78 is 15.9. The van der Waals surface area contributed by atoms with Crippen molar-refractivity contribution in [1.82, 2.24) is 0 Å². The molecule has 5 heteroatoms. The van der Waals surface area contributed by atoms with Crippen LogP contribution in [0.1, 0.15) is 26.5 Å². The Kier molecular flexibility index (Phi) is 4.41. The van der Waals surface area contributed by atoms with Crippen LogP contribution < -0.4 is 9.47 Å². The lowest BCUT2D eigenvalue weighted by Gasteiger charge is -2.03. The minimum Gasteiger partial charge on any atom is -0.457 e. The third-order valence-electron chi connectivity index (χ3n) is 3.91. The molecule has 2 heterocycles. The highest BCUT2D eigenvalue weighted by Gasteiger charge is 2.27. The van der Waals surface area contributed by atoms with Crippen molar-refractivity contribution >= 4 is 17.8 Å². The average Bonchev–Trinajstić information content (AvgIpc) is 3.32. The van der Waals surface area contributed by atoms with E-state index in [0.717, 1.165) is 5.56 Å². The molecule has 0 unspecified atom stereocenters. The Labute approximate surface area is 155 Å². The van der Waals surface area contributed by atoms with Crippen molar-refractivity contribution in [2.24, 2.45) is 0 Å². The van der Waals surface area contributed by atoms with E-state index in [4.69, 9.17) is 13.9 Å². The Morgan fingerprint density at radius 3 is 2.63 bits per heavy atom. The fraction of sp³-hybridized carbons (Fsp3) is 0. The van der Waals surface area contributed by atoms with Gasteiger partial charge in [0.1, 0.15) is 11.5 Å². The molecule has 5 nitrogen and oxygen atoms in total. The first-order valence-corrected chi connectivity index (χ1v) is 8.26. The van der Waals surface area contributed by atoms with E-state index in [2.05, 4.69) is 0 Å². The first kappa shape index (κ1) is 16.6. The van der Waals surface area contributed by atoms with Crippen molar-refractivity contribution < 1.29 is 23.5 Å². The van der Waals surface area contributed by atoms with E-state index in [1.54, 1.807) is 30.4 Å². The van der Waals surface area contributed by atoms with Crippen LogP contribution in [0.2, 0.25) is 0 Å². The molecule has 1 aromatic heterocycles. The number of esters is 1. The highest BCUT2D eigenvalue weighted by Crippen LogP contribution is 2.34. The zero-order valence-corrected chi connectivity index (χ0v) is 14.1. The normalized spacial score (nSPS) is 14.4. The van der Waals surface area contributed by atoms with E-state index in [-0.39, 0.29) is 23.1 Å². The molecule has 3 aromatic rings. The van der Waals surface area contributed by atoms with Gasteiger partial charge in [-0.1, -0.05) is 42.5 Å². The molecule has 0 radical (unpaired) electrons. The van der Waals surface area contributed by atoms with Gasteiger partial charge in [-0.3, -0.25) is 4.79 Å². The molecular formula is C22H14O5. The van der Waals surface area contributed by atoms with Crippen LogP contribution in [0, 0.1) is 0 Å². The molecule has 0 atom stereocenters. The number of ketones is 1. The number of carbonyl (C=O) groups is 2. The van der Waals surface area contributed by atoms with Crippen molar-refractivity contribution in [2.75, 3.05) is 0 Å². The van der Waals surface area contributed by atoms with Gasteiger partial charge in [-0.2, -0.15) is 0 Å². The van der Waals surface area contributed by atoms with Crippen molar-refractivity contribution in [2.45, 2.75) is 0 Å². The second-order valence-corrected chi connectivity index (χ2v) is 5.76. The SMILES string of the molecule is O=C(Oc1ccc2c(c1)O/C(=C\C=C\c1ccccc1)C2=O)c1ccco1. The zero-order chi connectivity index (χ0) is 18.6. The first-order chi connectivity index (χ1) is 13.2. The molecule has 27 heavy (non-hydrogen) atoms. The summed E-state index contributed by atoms with van der Waals surface area (Å²) in [6, 6.07) is 17.5. The number of furan rings is 1. The first-order valence-electron chi connectivity index (χ1n) is 8.26. The van der Waals surface area contributed by atoms with Crippen LogP contribution in [0.4, 0.5) is 0 Å². The molecule has 132 valence electrons. The van der Waals surface area contributed by atoms with Gasteiger partial charge >= 0.3 is 5.97 Å². The number of Topliss-reactive ketones (excluding diaryl/α,β-unsaturated/α-hetero) is 1. The van der Waals surface area contributed by atoms with Gasteiger partial charge in [0.15, 0.2) is 5.76 Å². The molecule has 1 aliphatic heterocycles. The molecule has 0 saturated carbocycles. The zero-order valence-electron chi connectivity index (χ0n) is 14.1. The molecule has 0 N–H and O–H groups in total. The summed E-state index contributed by atoms with van der Waals surface area (Å²) in [6.07, 6.45) is 6.64. The van der Waals surface area contributed by atoms with Gasteiger partial charge in [0, 0.05) is 6.07 Å². The predicted molar refractivity (Wildman–Crippen MR) is 98.6 cm³/mol. The van der Waals surface area contributed by atoms with E-state index in [1.165, 1.54) is 18.4 Å². The van der Waals surface area contributed by atoms with E-state index in [1.807, 2.05) is 36.4 Å². The van der Waals surface area contributed by atoms with Crippen LogP contribution in [0.25, 0.3) is 6.08 Å². The molecule has 1 aliphatic rings. The lowest BCUT2D eigenvalue weighted by Crippen LogP contribution is -2.07. The number of ether oxygens (including phenoxy) is 2. The number of hydrogen-bond donors (Lipinski definition) is 0. The highest BCUT2D eigenvalue weighted by atomic mass is 16.5. The number of allylic oxidation sites excluding steroid dienone is 3. The van der Waals surface area contributed by atoms with Gasteiger partial charge in [0.05, 0.1) is 11.8 Å². The van der Waals surface area contributed by atoms with Gasteiger partial charge in [-0.25, -0.2) is 4.79 Å². The molecule has 4 rings (SSSR count). The van der Waals surface area contributed by atoms with Gasteiger partial charge in [0.25, 0.3) is 0 Å². The fourth-order valence-corrected chi connectivity index (χ4v) is 2.61. The fourth-order valence-electron chi connectivity index (χ4n) is 2.61. The molecule has 0 bridgehead atoms. The Bertz CT molecular complexity index is 1040. The van der Waals surface area contributed by atoms with Crippen LogP contribution in [0.15, 0.2) is 89.3 Å². The third kappa shape index (κ3) is 3.57. The monoisotopic (exact) mass is 358 g/mol. The molecular weight excluding hydrogens is 344 g/mol. The Morgan fingerprint density at radius 1 is 1.00 bits per heavy atom. The molecule has 0 aliphatic carbocycles. The lowest BCUT2D eigenvalue weighted by atomic mass is 10.1. The number of fused-ring (bicyclic) bond motifs is 1. The number of hydrogen-bond acceptors (Lipinski definition) is 5. The molecule has 0 saturated heterocycles. The van der Waals surface area contributed by atoms with Gasteiger partial charge in [-0.05, 0) is 35.9 Å². The molecule has 2 aromatic carbocycles. The second kappa shape index (κ2) is 7.17. The summed E-state index contributed by atoms with van der Waals surface area (Å²) in [5, 5.41) is 0. The van der Waals surface area contributed by atoms with E-state index in [9.17, 15) is 9.59 Å². The highest BCUT2D eigenvalue weighted by molar-refractivity contribution is 6.12. The number of carbonyl (C=O) groups excluding carboxylic acids is 2. The summed E-state index contributed by atoms with van der Waals surface area (Å²) in [6.45, 7) is 0. The van der Waals surface area contributed by atoms with Gasteiger partial charge < -0.3 is 13.9 Å². The molecule has 0 fully saturated rings. The van der Waals surface area contributed by atoms with Crippen LogP contribution in [-0.2, 0) is 0 Å². The Morgan fingerprint density at radius 2 is 1.85 bits per heavy atom. The van der Waals surface area contributed by atoms with Crippen molar-refractivity contribution in [3.8, 4) is 11.5 Å². The largest absolute Gasteiger partial charge is 0.457 e. The lowest BCUT2D eigenvalue weighted by molar-refractivity contribution is 0.0701. The van der Waals surface area contributed by atoms with Gasteiger partial charge in [0.2, 0.25) is 11.5 Å². The Balaban J connectivity index is 1.49. The smallest absolute Gasteiger partial charge is 0.379 e. The number of rotatable bonds is 4. The quantitative estimate of drug-likeness (QED) is 0.385. The molecule has 0 amide bonds. The maximum Gasteiger partial charge on any atom is 0.379 e. The minimum absolute atomic E-state index is 0.0964. The summed E-state index contributed by atoms with van der Waals surface area (Å²) in [4.78, 5) is 24.3. The van der Waals surface area contributed by atoms with E-state index >= 15 is 0 Å². The third-order valence-corrected chi connectivity index (χ3v) is 3.91. The molecule has 0 spiro atoms. The van der Waals surface area contributed by atoms with E-state index < -0.39 is 5.97 Å². The predicted octanol–water partition coefficient (Wildman–Crippen LogP) is 4.67. The summed E-state index contributed by atoms with van der Waals surface area (Å²) >= 11 is 0. The minimum atomic E-state index is -0.620. The van der Waals surface area contributed by atoms with Crippen molar-refractivity contribution in [1.29, 1.82) is 0 Å². The maximum atomic E-state index is 12.4. The van der Waals surface area contributed by atoms with Crippen molar-refractivity contribution in [3.63, 3.8) is 0 Å². The number of benzene rings is 2. The standard InChI is InChI=1S/C22H14O5/c23-21-17-12-11-16(26-22(24)19-10-5-13-25-19)14-20(17)27-18(21)9-4-8-15-6-2-1-3-7-15/h1-14H/b8-4+,18-9-. The maximum absolute atomic E-state index is 12.4. The van der Waals surface area contributed by atoms with E-state index in [0.29, 0.717) is 11.3 Å². The van der Waals surface area contributed by atoms with Crippen LogP contribution >= 0.6 is 0 Å². The summed E-state index contributed by atoms with van der Waals surface area (Å²) in [7, 11) is 0. The Hall–Kier alpha value is -3.86. The average molecular weight is 358 g/mol. The van der Waals surface area contributed by atoms with Crippen LogP contribution in [0.5, 0.6) is 11.5 Å². The van der Waals surface area contributed by atoms with Crippen LogP contribution in [-0.4, -0.2) is 11.8 Å².